The molecule has 1 aromatic heterocycles. The number of rotatable bonds is 7. The number of imidazole rings is 1. The summed E-state index contributed by atoms with van der Waals surface area (Å²) in [7, 11) is -3.55. The number of para-hydroxylation sites is 2. The highest BCUT2D eigenvalue weighted by molar-refractivity contribution is 7.92. The first-order valence-corrected chi connectivity index (χ1v) is 11.1. The minimum absolute atomic E-state index is 0.0836. The van der Waals surface area contributed by atoms with Gasteiger partial charge in [0.15, 0.2) is 0 Å². The third-order valence-electron chi connectivity index (χ3n) is 4.74. The van der Waals surface area contributed by atoms with Crippen LogP contribution >= 0.6 is 0 Å². The zero-order chi connectivity index (χ0) is 19.4. The molecule has 1 N–H and O–H groups in total. The summed E-state index contributed by atoms with van der Waals surface area (Å²) in [4.78, 5) is 4.72. The van der Waals surface area contributed by atoms with E-state index in [1.165, 1.54) is 0 Å². The summed E-state index contributed by atoms with van der Waals surface area (Å²) < 4.78 is 35.5. The van der Waals surface area contributed by atoms with Gasteiger partial charge in [-0.25, -0.2) is 13.4 Å². The van der Waals surface area contributed by atoms with Gasteiger partial charge in [-0.3, -0.25) is 4.72 Å². The van der Waals surface area contributed by atoms with Gasteiger partial charge in [0.2, 0.25) is 10.0 Å². The molecule has 146 valence electrons. The van der Waals surface area contributed by atoms with E-state index in [-0.39, 0.29) is 12.4 Å². The zero-order valence-electron chi connectivity index (χ0n) is 15.5. The fourth-order valence-electron chi connectivity index (χ4n) is 3.34. The van der Waals surface area contributed by atoms with E-state index < -0.39 is 10.0 Å². The highest BCUT2D eigenvalue weighted by Gasteiger charge is 2.18. The van der Waals surface area contributed by atoms with Crippen LogP contribution < -0.4 is 9.46 Å². The van der Waals surface area contributed by atoms with Crippen molar-refractivity contribution in [2.45, 2.75) is 25.8 Å². The lowest BCUT2D eigenvalue weighted by Crippen LogP contribution is -2.21. The number of aryl methyl sites for hydroxylation is 2. The van der Waals surface area contributed by atoms with Crippen molar-refractivity contribution < 1.29 is 13.2 Å². The van der Waals surface area contributed by atoms with Gasteiger partial charge >= 0.3 is 0 Å². The van der Waals surface area contributed by atoms with Gasteiger partial charge in [-0.1, -0.05) is 36.4 Å². The predicted molar refractivity (Wildman–Crippen MR) is 110 cm³/mol. The number of fused-ring (bicyclic) bond motifs is 1. The molecule has 0 amide bonds. The standard InChI is InChI=1S/C21H23N3O3S/c25-28(26,15-14-27-17-8-2-1-3-9-17)23-19-11-5-4-10-18(19)20-16-24-13-7-6-12-21(24)22-20/h1-5,8-11,16,23H,6-7,12-15H2. The lowest BCUT2D eigenvalue weighted by Gasteiger charge is -2.12. The number of ether oxygens (including phenoxy) is 1. The minimum Gasteiger partial charge on any atom is -0.492 e. The van der Waals surface area contributed by atoms with E-state index in [0.717, 1.165) is 42.9 Å². The number of anilines is 1. The highest BCUT2D eigenvalue weighted by atomic mass is 32.2. The van der Waals surface area contributed by atoms with E-state index in [9.17, 15) is 8.42 Å². The fraction of sp³-hybridized carbons (Fsp3) is 0.286. The van der Waals surface area contributed by atoms with Crippen LogP contribution in [-0.2, 0) is 23.0 Å². The van der Waals surface area contributed by atoms with Gasteiger partial charge in [0.25, 0.3) is 0 Å². The van der Waals surface area contributed by atoms with Crippen molar-refractivity contribution >= 4 is 15.7 Å². The third kappa shape index (κ3) is 4.36. The topological polar surface area (TPSA) is 73.2 Å². The molecule has 28 heavy (non-hydrogen) atoms. The van der Waals surface area contributed by atoms with Gasteiger partial charge in [-0.05, 0) is 31.0 Å². The molecule has 2 heterocycles. The van der Waals surface area contributed by atoms with E-state index in [1.807, 2.05) is 42.6 Å². The summed E-state index contributed by atoms with van der Waals surface area (Å²) in [5.41, 5.74) is 2.13. The monoisotopic (exact) mass is 397 g/mol. The van der Waals surface area contributed by atoms with Gasteiger partial charge in [-0.2, -0.15) is 0 Å². The largest absolute Gasteiger partial charge is 0.492 e. The van der Waals surface area contributed by atoms with Crippen LogP contribution in [0.5, 0.6) is 5.75 Å². The van der Waals surface area contributed by atoms with Gasteiger partial charge in [0.05, 0.1) is 11.4 Å². The summed E-state index contributed by atoms with van der Waals surface area (Å²) in [6.45, 7) is 1.05. The molecule has 0 radical (unpaired) electrons. The molecule has 1 aliphatic heterocycles. The Kier molecular flexibility index (Phi) is 5.34. The van der Waals surface area contributed by atoms with Crippen molar-refractivity contribution in [1.82, 2.24) is 9.55 Å². The van der Waals surface area contributed by atoms with Crippen LogP contribution in [0.15, 0.2) is 60.8 Å². The third-order valence-corrected chi connectivity index (χ3v) is 5.98. The average molecular weight is 398 g/mol. The van der Waals surface area contributed by atoms with Crippen LogP contribution in [0.4, 0.5) is 5.69 Å². The number of hydrogen-bond donors (Lipinski definition) is 1. The van der Waals surface area contributed by atoms with E-state index in [1.54, 1.807) is 18.2 Å². The molecule has 1 aliphatic rings. The number of benzene rings is 2. The first-order chi connectivity index (χ1) is 13.6. The first kappa shape index (κ1) is 18.6. The Hall–Kier alpha value is -2.80. The molecular weight excluding hydrogens is 374 g/mol. The predicted octanol–water partition coefficient (Wildman–Crippen LogP) is 3.71. The molecule has 0 bridgehead atoms. The Bertz CT molecular complexity index is 1020. The van der Waals surface area contributed by atoms with Crippen molar-refractivity contribution in [3.63, 3.8) is 0 Å². The minimum atomic E-state index is -3.55. The molecule has 2 aromatic carbocycles. The van der Waals surface area contributed by atoms with Crippen LogP contribution in [0.25, 0.3) is 11.3 Å². The molecule has 0 spiro atoms. The summed E-state index contributed by atoms with van der Waals surface area (Å²) in [6, 6.07) is 16.6. The normalized spacial score (nSPS) is 13.7. The molecule has 0 unspecified atom stereocenters. The van der Waals surface area contributed by atoms with Gasteiger partial charge in [0, 0.05) is 24.7 Å². The molecule has 0 atom stereocenters. The fourth-order valence-corrected chi connectivity index (χ4v) is 4.26. The maximum Gasteiger partial charge on any atom is 0.236 e. The van der Waals surface area contributed by atoms with Gasteiger partial charge < -0.3 is 9.30 Å². The molecule has 6 nitrogen and oxygen atoms in total. The Morgan fingerprint density at radius 3 is 2.64 bits per heavy atom. The molecule has 7 heteroatoms. The SMILES string of the molecule is O=S(=O)(CCOc1ccccc1)Nc1ccccc1-c1cn2c(n1)CCCC2. The Labute approximate surface area is 165 Å². The van der Waals surface area contributed by atoms with Gasteiger partial charge in [0.1, 0.15) is 23.9 Å². The van der Waals surface area contributed by atoms with Crippen LogP contribution in [0.1, 0.15) is 18.7 Å². The Morgan fingerprint density at radius 2 is 1.82 bits per heavy atom. The zero-order valence-corrected chi connectivity index (χ0v) is 16.4. The maximum absolute atomic E-state index is 12.6. The number of nitrogens with one attached hydrogen (secondary N) is 1. The van der Waals surface area contributed by atoms with E-state index in [2.05, 4.69) is 9.29 Å². The molecular formula is C21H23N3O3S. The quantitative estimate of drug-likeness (QED) is 0.660. The second-order valence-electron chi connectivity index (χ2n) is 6.82. The van der Waals surface area contributed by atoms with Gasteiger partial charge in [-0.15, -0.1) is 0 Å². The van der Waals surface area contributed by atoms with Crippen molar-refractivity contribution in [3.05, 3.63) is 66.6 Å². The van der Waals surface area contributed by atoms with Crippen molar-refractivity contribution in [2.24, 2.45) is 0 Å². The second kappa shape index (κ2) is 8.06. The van der Waals surface area contributed by atoms with E-state index in [4.69, 9.17) is 9.72 Å². The van der Waals surface area contributed by atoms with Crippen LogP contribution in [0.2, 0.25) is 0 Å². The summed E-state index contributed by atoms with van der Waals surface area (Å²) in [5.74, 6) is 1.59. The second-order valence-corrected chi connectivity index (χ2v) is 8.66. The Morgan fingerprint density at radius 1 is 1.04 bits per heavy atom. The summed E-state index contributed by atoms with van der Waals surface area (Å²) >= 11 is 0. The number of aromatic nitrogens is 2. The number of hydrogen-bond acceptors (Lipinski definition) is 4. The number of nitrogens with zero attached hydrogens (tertiary/aromatic N) is 2. The smallest absolute Gasteiger partial charge is 0.236 e. The molecule has 4 rings (SSSR count). The molecule has 3 aromatic rings. The van der Waals surface area contributed by atoms with Crippen molar-refractivity contribution in [3.8, 4) is 17.0 Å². The van der Waals surface area contributed by atoms with Crippen LogP contribution in [0.3, 0.4) is 0 Å². The highest BCUT2D eigenvalue weighted by Crippen LogP contribution is 2.29. The van der Waals surface area contributed by atoms with Crippen molar-refractivity contribution in [1.29, 1.82) is 0 Å². The maximum atomic E-state index is 12.6. The lowest BCUT2D eigenvalue weighted by atomic mass is 10.1. The molecule has 0 aliphatic carbocycles. The average Bonchev–Trinajstić information content (AvgIpc) is 3.13. The van der Waals surface area contributed by atoms with Crippen LogP contribution in [-0.4, -0.2) is 30.3 Å². The van der Waals surface area contributed by atoms with Crippen LogP contribution in [0, 0.1) is 0 Å². The first-order valence-electron chi connectivity index (χ1n) is 9.44. The lowest BCUT2D eigenvalue weighted by molar-refractivity contribution is 0.341. The number of sulfonamides is 1. The summed E-state index contributed by atoms with van der Waals surface area (Å²) in [6.07, 6.45) is 5.27. The van der Waals surface area contributed by atoms with Crippen molar-refractivity contribution in [2.75, 3.05) is 17.1 Å². The Balaban J connectivity index is 1.48. The molecule has 0 saturated carbocycles. The molecule has 0 saturated heterocycles. The summed E-state index contributed by atoms with van der Waals surface area (Å²) in [5, 5.41) is 0. The van der Waals surface area contributed by atoms with E-state index in [0.29, 0.717) is 11.4 Å². The van der Waals surface area contributed by atoms with E-state index >= 15 is 0 Å². The molecule has 0 fully saturated rings.